The lowest BCUT2D eigenvalue weighted by molar-refractivity contribution is 0.0692. The normalized spacial score (nSPS) is 17.8. The van der Waals surface area contributed by atoms with E-state index < -0.39 is 5.82 Å². The molecule has 1 amide bonds. The predicted molar refractivity (Wildman–Crippen MR) is 90.8 cm³/mol. The van der Waals surface area contributed by atoms with Crippen molar-refractivity contribution in [3.05, 3.63) is 59.5 Å². The number of hydrogen-bond acceptors (Lipinski definition) is 4. The van der Waals surface area contributed by atoms with Crippen LogP contribution in [0.4, 0.5) is 4.39 Å². The van der Waals surface area contributed by atoms with Crippen LogP contribution < -0.4 is 0 Å². The number of aryl methyl sites for hydroxylation is 1. The SMILES string of the molecule is Cc1cc(C(=O)N2CCCC(c3nc4ccccc4o3)C2)ncc1F. The first kappa shape index (κ1) is 15.7. The molecule has 1 unspecified atom stereocenters. The lowest BCUT2D eigenvalue weighted by Crippen LogP contribution is -2.39. The van der Waals surface area contributed by atoms with Gasteiger partial charge in [0.05, 0.1) is 12.1 Å². The van der Waals surface area contributed by atoms with Gasteiger partial charge in [0.25, 0.3) is 5.91 Å². The van der Waals surface area contributed by atoms with Gasteiger partial charge in [-0.15, -0.1) is 0 Å². The molecule has 128 valence electrons. The fourth-order valence-corrected chi connectivity index (χ4v) is 3.25. The number of carbonyl (C=O) groups excluding carboxylic acids is 1. The molecule has 0 radical (unpaired) electrons. The number of nitrogens with zero attached hydrogens (tertiary/aromatic N) is 3. The molecule has 1 aliphatic heterocycles. The molecule has 0 bridgehead atoms. The molecule has 4 rings (SSSR count). The van der Waals surface area contributed by atoms with Crippen molar-refractivity contribution in [1.29, 1.82) is 0 Å². The number of likely N-dealkylation sites (tertiary alicyclic amines) is 1. The monoisotopic (exact) mass is 339 g/mol. The Labute approximate surface area is 144 Å². The lowest BCUT2D eigenvalue weighted by atomic mass is 9.97. The highest BCUT2D eigenvalue weighted by atomic mass is 19.1. The summed E-state index contributed by atoms with van der Waals surface area (Å²) in [4.78, 5) is 23.0. The van der Waals surface area contributed by atoms with Crippen LogP contribution in [0.2, 0.25) is 0 Å². The van der Waals surface area contributed by atoms with Crippen molar-refractivity contribution < 1.29 is 13.6 Å². The molecule has 0 spiro atoms. The van der Waals surface area contributed by atoms with Gasteiger partial charge < -0.3 is 9.32 Å². The van der Waals surface area contributed by atoms with Crippen LogP contribution in [0.15, 0.2) is 40.9 Å². The molecular formula is C19H18FN3O2. The number of rotatable bonds is 2. The minimum absolute atomic E-state index is 0.0617. The first-order valence-corrected chi connectivity index (χ1v) is 8.38. The number of hydrogen-bond donors (Lipinski definition) is 0. The Morgan fingerprint density at radius 2 is 2.20 bits per heavy atom. The molecule has 1 atom stereocenters. The molecule has 1 aliphatic rings. The quantitative estimate of drug-likeness (QED) is 0.714. The number of aromatic nitrogens is 2. The van der Waals surface area contributed by atoms with E-state index in [0.717, 1.165) is 30.1 Å². The number of halogens is 1. The van der Waals surface area contributed by atoms with E-state index in [1.54, 1.807) is 11.8 Å². The fraction of sp³-hybridized carbons (Fsp3) is 0.316. The van der Waals surface area contributed by atoms with Crippen LogP contribution in [0, 0.1) is 12.7 Å². The van der Waals surface area contributed by atoms with Crippen LogP contribution in [0.25, 0.3) is 11.1 Å². The Kier molecular flexibility index (Phi) is 3.95. The largest absolute Gasteiger partial charge is 0.440 e. The van der Waals surface area contributed by atoms with E-state index in [1.807, 2.05) is 24.3 Å². The summed E-state index contributed by atoms with van der Waals surface area (Å²) >= 11 is 0. The first-order chi connectivity index (χ1) is 12.1. The summed E-state index contributed by atoms with van der Waals surface area (Å²) in [5.74, 6) is 0.150. The summed E-state index contributed by atoms with van der Waals surface area (Å²) in [5.41, 5.74) is 2.29. The van der Waals surface area contributed by atoms with Gasteiger partial charge in [0, 0.05) is 13.1 Å². The molecule has 5 nitrogen and oxygen atoms in total. The van der Waals surface area contributed by atoms with E-state index in [1.165, 1.54) is 6.07 Å². The maximum atomic E-state index is 13.4. The van der Waals surface area contributed by atoms with Crippen LogP contribution >= 0.6 is 0 Å². The number of amides is 1. The minimum atomic E-state index is -0.403. The third kappa shape index (κ3) is 2.99. The number of piperidine rings is 1. The maximum absolute atomic E-state index is 13.4. The average Bonchev–Trinajstić information content (AvgIpc) is 3.08. The highest BCUT2D eigenvalue weighted by Crippen LogP contribution is 2.29. The number of pyridine rings is 1. The van der Waals surface area contributed by atoms with E-state index in [9.17, 15) is 9.18 Å². The molecule has 6 heteroatoms. The van der Waals surface area contributed by atoms with Crippen LogP contribution in [-0.2, 0) is 0 Å². The first-order valence-electron chi connectivity index (χ1n) is 8.38. The number of oxazole rings is 1. The summed E-state index contributed by atoms with van der Waals surface area (Å²) in [7, 11) is 0. The van der Waals surface area contributed by atoms with Gasteiger partial charge in [-0.2, -0.15) is 0 Å². The van der Waals surface area contributed by atoms with E-state index in [2.05, 4.69) is 9.97 Å². The second kappa shape index (κ2) is 6.27. The van der Waals surface area contributed by atoms with Gasteiger partial charge in [0.2, 0.25) is 0 Å². The number of carbonyl (C=O) groups is 1. The molecule has 2 aromatic heterocycles. The van der Waals surface area contributed by atoms with Gasteiger partial charge in [-0.1, -0.05) is 12.1 Å². The lowest BCUT2D eigenvalue weighted by Gasteiger charge is -2.31. The highest BCUT2D eigenvalue weighted by molar-refractivity contribution is 5.92. The number of para-hydroxylation sites is 2. The molecule has 3 heterocycles. The smallest absolute Gasteiger partial charge is 0.272 e. The second-order valence-corrected chi connectivity index (χ2v) is 6.43. The van der Waals surface area contributed by atoms with Gasteiger partial charge in [-0.05, 0) is 43.5 Å². The second-order valence-electron chi connectivity index (χ2n) is 6.43. The fourth-order valence-electron chi connectivity index (χ4n) is 3.25. The van der Waals surface area contributed by atoms with E-state index in [4.69, 9.17) is 4.42 Å². The van der Waals surface area contributed by atoms with Crippen molar-refractivity contribution in [2.75, 3.05) is 13.1 Å². The summed E-state index contributed by atoms with van der Waals surface area (Å²) in [6.45, 7) is 2.82. The van der Waals surface area contributed by atoms with Gasteiger partial charge in [0.15, 0.2) is 11.5 Å². The van der Waals surface area contributed by atoms with Crippen LogP contribution in [0.5, 0.6) is 0 Å². The number of fused-ring (bicyclic) bond motifs is 1. The van der Waals surface area contributed by atoms with Crippen molar-refractivity contribution in [2.45, 2.75) is 25.7 Å². The Morgan fingerprint density at radius 1 is 1.36 bits per heavy atom. The van der Waals surface area contributed by atoms with Gasteiger partial charge in [-0.25, -0.2) is 14.4 Å². The van der Waals surface area contributed by atoms with Crippen molar-refractivity contribution >= 4 is 17.0 Å². The zero-order valence-corrected chi connectivity index (χ0v) is 13.9. The topological polar surface area (TPSA) is 59.2 Å². The molecule has 1 aromatic carbocycles. The van der Waals surface area contributed by atoms with Crippen molar-refractivity contribution in [2.24, 2.45) is 0 Å². The Morgan fingerprint density at radius 3 is 3.00 bits per heavy atom. The Hall–Kier alpha value is -2.76. The molecular weight excluding hydrogens is 321 g/mol. The average molecular weight is 339 g/mol. The molecule has 1 saturated heterocycles. The molecule has 0 N–H and O–H groups in total. The minimum Gasteiger partial charge on any atom is -0.440 e. The van der Waals surface area contributed by atoms with Crippen LogP contribution in [-0.4, -0.2) is 33.9 Å². The summed E-state index contributed by atoms with van der Waals surface area (Å²) in [6, 6.07) is 9.15. The van der Waals surface area contributed by atoms with Gasteiger partial charge in [0.1, 0.15) is 17.0 Å². The third-order valence-corrected chi connectivity index (χ3v) is 4.63. The zero-order chi connectivity index (χ0) is 17.4. The van der Waals surface area contributed by atoms with E-state index >= 15 is 0 Å². The molecule has 0 aliphatic carbocycles. The molecule has 3 aromatic rings. The Balaban J connectivity index is 1.55. The summed E-state index contributed by atoms with van der Waals surface area (Å²) in [6.07, 6.45) is 2.90. The maximum Gasteiger partial charge on any atom is 0.272 e. The zero-order valence-electron chi connectivity index (χ0n) is 13.9. The van der Waals surface area contributed by atoms with Crippen molar-refractivity contribution in [3.63, 3.8) is 0 Å². The van der Waals surface area contributed by atoms with Crippen LogP contribution in [0.1, 0.15) is 40.7 Å². The van der Waals surface area contributed by atoms with E-state index in [0.29, 0.717) is 24.5 Å². The van der Waals surface area contributed by atoms with Gasteiger partial charge >= 0.3 is 0 Å². The van der Waals surface area contributed by atoms with Crippen molar-refractivity contribution in [3.8, 4) is 0 Å². The molecule has 25 heavy (non-hydrogen) atoms. The predicted octanol–water partition coefficient (Wildman–Crippen LogP) is 3.69. The third-order valence-electron chi connectivity index (χ3n) is 4.63. The van der Waals surface area contributed by atoms with Crippen molar-refractivity contribution in [1.82, 2.24) is 14.9 Å². The number of benzene rings is 1. The highest BCUT2D eigenvalue weighted by Gasteiger charge is 2.29. The van der Waals surface area contributed by atoms with E-state index in [-0.39, 0.29) is 17.5 Å². The summed E-state index contributed by atoms with van der Waals surface area (Å²) in [5, 5.41) is 0. The molecule has 0 saturated carbocycles. The standard InChI is InChI=1S/C19H18FN3O2/c1-12-9-16(21-10-14(12)20)19(24)23-8-4-5-13(11-23)18-22-15-6-2-3-7-17(15)25-18/h2-3,6-7,9-10,13H,4-5,8,11H2,1H3. The molecule has 1 fully saturated rings. The van der Waals surface area contributed by atoms with Gasteiger partial charge in [-0.3, -0.25) is 4.79 Å². The summed E-state index contributed by atoms with van der Waals surface area (Å²) < 4.78 is 19.2. The van der Waals surface area contributed by atoms with Crippen LogP contribution in [0.3, 0.4) is 0 Å². The Bertz CT molecular complexity index is 904.